The minimum absolute atomic E-state index is 0.267. The lowest BCUT2D eigenvalue weighted by atomic mass is 9.99. The summed E-state index contributed by atoms with van der Waals surface area (Å²) in [6.07, 6.45) is 0. The van der Waals surface area contributed by atoms with Gasteiger partial charge in [-0.3, -0.25) is 0 Å². The third-order valence-electron chi connectivity index (χ3n) is 8.35. The average molecular weight is 679 g/mol. The van der Waals surface area contributed by atoms with Crippen molar-refractivity contribution >= 4 is 50.2 Å². The molecule has 0 spiro atoms. The highest BCUT2D eigenvalue weighted by Crippen LogP contribution is 2.49. The van der Waals surface area contributed by atoms with Crippen molar-refractivity contribution in [2.75, 3.05) is 21.3 Å². The van der Waals surface area contributed by atoms with Crippen LogP contribution in [0, 0.1) is 0 Å². The van der Waals surface area contributed by atoms with Gasteiger partial charge in [0.2, 0.25) is 0 Å². The second-order valence-corrected chi connectivity index (χ2v) is 11.4. The molecule has 0 atom stereocenters. The second-order valence-electron chi connectivity index (χ2n) is 11.4. The molecule has 0 N–H and O–H groups in total. The van der Waals surface area contributed by atoms with E-state index in [0.717, 1.165) is 53.6 Å². The van der Waals surface area contributed by atoms with E-state index >= 15 is 0 Å². The zero-order chi connectivity index (χ0) is 35.5. The van der Waals surface area contributed by atoms with Crippen molar-refractivity contribution in [2.24, 2.45) is 0 Å². The normalized spacial score (nSPS) is 10.9. The van der Waals surface area contributed by atoms with Gasteiger partial charge in [0, 0.05) is 0 Å². The molecule has 7 aromatic carbocycles. The number of hydrogen-bond acceptors (Lipinski definition) is 9. The average Bonchev–Trinajstić information content (AvgIpc) is 3.17. The largest absolute Gasteiger partial charge is 0.465 e. The van der Waals surface area contributed by atoms with Crippen LogP contribution in [0.15, 0.2) is 127 Å². The van der Waals surface area contributed by atoms with Gasteiger partial charge in [-0.2, -0.15) is 0 Å². The molecule has 0 aliphatic heterocycles. The highest BCUT2D eigenvalue weighted by molar-refractivity contribution is 6.11. The molecule has 0 aromatic heterocycles. The van der Waals surface area contributed by atoms with E-state index < -0.39 is 17.9 Å². The lowest BCUT2D eigenvalue weighted by Crippen LogP contribution is -2.18. The molecular formula is C42H30O9. The first-order valence-electron chi connectivity index (χ1n) is 15.9. The predicted octanol–water partition coefficient (Wildman–Crippen LogP) is 9.88. The van der Waals surface area contributed by atoms with Crippen LogP contribution < -0.4 is 14.2 Å². The summed E-state index contributed by atoms with van der Waals surface area (Å²) in [6.45, 7) is 0. The van der Waals surface area contributed by atoms with Crippen molar-refractivity contribution in [1.82, 2.24) is 0 Å². The van der Waals surface area contributed by atoms with Crippen LogP contribution in [0.25, 0.3) is 32.3 Å². The Morgan fingerprint density at radius 3 is 0.863 bits per heavy atom. The van der Waals surface area contributed by atoms with Gasteiger partial charge in [-0.15, -0.1) is 0 Å². The summed E-state index contributed by atoms with van der Waals surface area (Å²) in [5.41, 5.74) is -1.11. The van der Waals surface area contributed by atoms with Crippen LogP contribution in [0.4, 0.5) is 0 Å². The van der Waals surface area contributed by atoms with Crippen molar-refractivity contribution in [3.05, 3.63) is 144 Å². The molecule has 9 nitrogen and oxygen atoms in total. The number of hydrogen-bond donors (Lipinski definition) is 0. The van der Waals surface area contributed by atoms with Gasteiger partial charge in [0.25, 0.3) is 0 Å². The third kappa shape index (κ3) is 6.36. The van der Waals surface area contributed by atoms with Crippen molar-refractivity contribution in [3.8, 4) is 34.5 Å². The SMILES string of the molecule is COC(=O)c1c(Oc2ccc3ccccc3c2)c(C(=O)OC)c(Oc2ccc3ccccc3c2)c(C(=O)OC)c1Oc1ccc2ccccc2c1. The van der Waals surface area contributed by atoms with E-state index in [0.29, 0.717) is 0 Å². The molecule has 0 aliphatic carbocycles. The minimum Gasteiger partial charge on any atom is -0.465 e. The molecule has 7 aromatic rings. The molecule has 7 rings (SSSR count). The number of ether oxygens (including phenoxy) is 6. The van der Waals surface area contributed by atoms with Crippen molar-refractivity contribution in [2.45, 2.75) is 0 Å². The first-order chi connectivity index (χ1) is 24.9. The third-order valence-corrected chi connectivity index (χ3v) is 8.35. The fraction of sp³-hybridized carbons (Fsp3) is 0.0714. The van der Waals surface area contributed by atoms with Crippen LogP contribution in [0.5, 0.6) is 34.5 Å². The van der Waals surface area contributed by atoms with Crippen LogP contribution in [0.3, 0.4) is 0 Å². The lowest BCUT2D eigenvalue weighted by molar-refractivity contribution is 0.0585. The Morgan fingerprint density at radius 1 is 0.353 bits per heavy atom. The molecule has 0 fully saturated rings. The topological polar surface area (TPSA) is 107 Å². The minimum atomic E-state index is -0.964. The summed E-state index contributed by atoms with van der Waals surface area (Å²) in [7, 11) is 3.49. The highest BCUT2D eigenvalue weighted by atomic mass is 16.6. The summed E-state index contributed by atoms with van der Waals surface area (Å²) < 4.78 is 35.0. The van der Waals surface area contributed by atoms with E-state index in [1.165, 1.54) is 0 Å². The smallest absolute Gasteiger partial charge is 0.345 e. The first kappa shape index (κ1) is 32.7. The molecule has 0 unspecified atom stereocenters. The van der Waals surface area contributed by atoms with Crippen LogP contribution in [-0.4, -0.2) is 39.2 Å². The molecule has 252 valence electrons. The zero-order valence-electron chi connectivity index (χ0n) is 27.8. The Bertz CT molecular complexity index is 2190. The Kier molecular flexibility index (Phi) is 8.92. The van der Waals surface area contributed by atoms with Crippen molar-refractivity contribution in [1.29, 1.82) is 0 Å². The monoisotopic (exact) mass is 678 g/mol. The fourth-order valence-electron chi connectivity index (χ4n) is 5.90. The van der Waals surface area contributed by atoms with Crippen LogP contribution in [0.2, 0.25) is 0 Å². The molecule has 0 saturated heterocycles. The molecule has 0 heterocycles. The van der Waals surface area contributed by atoms with Gasteiger partial charge < -0.3 is 28.4 Å². The number of esters is 3. The van der Waals surface area contributed by atoms with E-state index in [1.807, 2.05) is 91.0 Å². The maximum atomic E-state index is 13.9. The summed E-state index contributed by atoms with van der Waals surface area (Å²) in [4.78, 5) is 41.6. The molecule has 9 heteroatoms. The summed E-state index contributed by atoms with van der Waals surface area (Å²) in [6, 6.07) is 38.7. The molecule has 0 bridgehead atoms. The predicted molar refractivity (Wildman–Crippen MR) is 193 cm³/mol. The Hall–Kier alpha value is -6.87. The van der Waals surface area contributed by atoms with E-state index in [9.17, 15) is 14.4 Å². The van der Waals surface area contributed by atoms with Gasteiger partial charge in [0.1, 0.15) is 33.9 Å². The molecule has 0 saturated carbocycles. The summed E-state index contributed by atoms with van der Waals surface area (Å²) in [5, 5.41) is 5.32. The van der Waals surface area contributed by atoms with E-state index in [-0.39, 0.29) is 51.2 Å². The standard InChI is InChI=1S/C42H30O9/c1-46-40(43)34-37(49-31-19-16-25-10-4-7-13-28(25)22-31)35(41(44)47-2)39(51-33-21-18-27-12-6-9-15-30(27)24-33)36(42(45)48-3)38(34)50-32-20-17-26-11-5-8-14-29(26)23-32/h4-24H,1-3H3. The van der Waals surface area contributed by atoms with Gasteiger partial charge in [0.15, 0.2) is 17.2 Å². The first-order valence-corrected chi connectivity index (χ1v) is 15.9. The van der Waals surface area contributed by atoms with E-state index in [2.05, 4.69) is 0 Å². The second kappa shape index (κ2) is 13.9. The Labute approximate surface area is 292 Å². The van der Waals surface area contributed by atoms with Crippen molar-refractivity contribution < 1.29 is 42.8 Å². The summed E-state index contributed by atoms with van der Waals surface area (Å²) in [5.74, 6) is -3.04. The number of carbonyl (C=O) groups excluding carboxylic acids is 3. The van der Waals surface area contributed by atoms with Crippen molar-refractivity contribution in [3.63, 3.8) is 0 Å². The molecule has 0 aliphatic rings. The molecule has 0 radical (unpaired) electrons. The van der Waals surface area contributed by atoms with Crippen LogP contribution in [-0.2, 0) is 14.2 Å². The Balaban J connectivity index is 1.55. The van der Waals surface area contributed by atoms with Gasteiger partial charge in [0.05, 0.1) is 21.3 Å². The maximum absolute atomic E-state index is 13.9. The molecular weight excluding hydrogens is 648 g/mol. The van der Waals surface area contributed by atoms with E-state index in [1.54, 1.807) is 36.4 Å². The lowest BCUT2D eigenvalue weighted by Gasteiger charge is -2.23. The number of rotatable bonds is 9. The summed E-state index contributed by atoms with van der Waals surface area (Å²) >= 11 is 0. The number of fused-ring (bicyclic) bond motifs is 3. The van der Waals surface area contributed by atoms with Crippen LogP contribution in [0.1, 0.15) is 31.1 Å². The van der Waals surface area contributed by atoms with Gasteiger partial charge in [-0.05, 0) is 68.7 Å². The zero-order valence-corrected chi connectivity index (χ0v) is 27.8. The molecule has 0 amide bonds. The van der Waals surface area contributed by atoms with Crippen LogP contribution >= 0.6 is 0 Å². The maximum Gasteiger partial charge on any atom is 0.345 e. The number of carbonyl (C=O) groups is 3. The number of benzene rings is 7. The van der Waals surface area contributed by atoms with Gasteiger partial charge in [-0.1, -0.05) is 91.0 Å². The quantitative estimate of drug-likeness (QED) is 0.109. The van der Waals surface area contributed by atoms with Gasteiger partial charge >= 0.3 is 17.9 Å². The van der Waals surface area contributed by atoms with Gasteiger partial charge in [-0.25, -0.2) is 14.4 Å². The highest BCUT2D eigenvalue weighted by Gasteiger charge is 2.39. The molecule has 51 heavy (non-hydrogen) atoms. The Morgan fingerprint density at radius 2 is 0.608 bits per heavy atom. The van der Waals surface area contributed by atoms with E-state index in [4.69, 9.17) is 28.4 Å². The fourth-order valence-corrected chi connectivity index (χ4v) is 5.90. The number of methoxy groups -OCH3 is 3.